The number of allylic oxidation sites excluding steroid dienone is 1. The second-order valence-corrected chi connectivity index (χ2v) is 7.24. The molecule has 0 saturated heterocycles. The molecule has 0 aliphatic heterocycles. The molecule has 0 aromatic heterocycles. The Kier molecular flexibility index (Phi) is 5.50. The molecule has 1 unspecified atom stereocenters. The van der Waals surface area contributed by atoms with Crippen molar-refractivity contribution in [3.05, 3.63) is 58.7 Å². The summed E-state index contributed by atoms with van der Waals surface area (Å²) in [6, 6.07) is 6.72. The monoisotopic (exact) mass is 352 g/mol. The maximum Gasteiger partial charge on any atom is 0.168 e. The van der Waals surface area contributed by atoms with Crippen molar-refractivity contribution in [3.8, 4) is 16.9 Å². The summed E-state index contributed by atoms with van der Waals surface area (Å²) in [4.78, 5) is 0. The first-order valence-electron chi connectivity index (χ1n) is 9.03. The zero-order valence-electron chi connectivity index (χ0n) is 15.5. The van der Waals surface area contributed by atoms with E-state index in [1.54, 1.807) is 38.1 Å². The highest BCUT2D eigenvalue weighted by molar-refractivity contribution is 6.36. The van der Waals surface area contributed by atoms with Gasteiger partial charge in [-0.15, -0.1) is 0 Å². The summed E-state index contributed by atoms with van der Waals surface area (Å²) in [5.74, 6) is 0.0445. The van der Waals surface area contributed by atoms with Crippen molar-refractivity contribution >= 4 is 13.3 Å². The minimum atomic E-state index is -0.457. The lowest BCUT2D eigenvalue weighted by Crippen LogP contribution is -2.14. The van der Waals surface area contributed by atoms with Crippen molar-refractivity contribution in [2.45, 2.75) is 40.0 Å². The van der Waals surface area contributed by atoms with Crippen LogP contribution in [-0.4, -0.2) is 14.5 Å². The summed E-state index contributed by atoms with van der Waals surface area (Å²) in [6.07, 6.45) is 5.40. The van der Waals surface area contributed by atoms with E-state index in [2.05, 4.69) is 13.0 Å². The molecule has 1 nitrogen and oxygen atoms in total. The van der Waals surface area contributed by atoms with Crippen molar-refractivity contribution in [2.24, 2.45) is 5.92 Å². The van der Waals surface area contributed by atoms with Crippen LogP contribution in [0.25, 0.3) is 11.1 Å². The topological polar surface area (TPSA) is 9.23 Å². The largest absolute Gasteiger partial charge is 0.486 e. The minimum Gasteiger partial charge on any atom is -0.486 e. The fourth-order valence-electron chi connectivity index (χ4n) is 3.32. The first-order chi connectivity index (χ1) is 12.4. The molecular weight excluding hydrogens is 329 g/mol. The summed E-state index contributed by atoms with van der Waals surface area (Å²) >= 11 is 0. The second-order valence-electron chi connectivity index (χ2n) is 7.24. The van der Waals surface area contributed by atoms with Gasteiger partial charge in [-0.3, -0.25) is 0 Å². The molecule has 3 rings (SSSR count). The SMILES string of the molecule is [B]c1c(-c2ccc(OCC3=CCC(C)CC3)c(F)c2C)ccc(C)c1F. The van der Waals surface area contributed by atoms with E-state index in [-0.39, 0.29) is 11.2 Å². The molecular formula is C22H23BF2O. The Morgan fingerprint density at radius 1 is 1.08 bits per heavy atom. The highest BCUT2D eigenvalue weighted by Crippen LogP contribution is 2.31. The highest BCUT2D eigenvalue weighted by Gasteiger charge is 2.17. The maximum atomic E-state index is 14.8. The van der Waals surface area contributed by atoms with E-state index in [0.29, 0.717) is 34.8 Å². The van der Waals surface area contributed by atoms with Gasteiger partial charge in [0.15, 0.2) is 11.6 Å². The molecule has 0 N–H and O–H groups in total. The number of rotatable bonds is 4. The number of halogens is 2. The van der Waals surface area contributed by atoms with Gasteiger partial charge in [-0.05, 0) is 72.9 Å². The Morgan fingerprint density at radius 2 is 1.81 bits per heavy atom. The molecule has 0 fully saturated rings. The number of hydrogen-bond donors (Lipinski definition) is 0. The zero-order chi connectivity index (χ0) is 18.8. The summed E-state index contributed by atoms with van der Waals surface area (Å²) in [5.41, 5.74) is 3.22. The third-order valence-corrected chi connectivity index (χ3v) is 5.19. The van der Waals surface area contributed by atoms with Crippen LogP contribution in [0.2, 0.25) is 0 Å². The van der Waals surface area contributed by atoms with Crippen LogP contribution in [0.15, 0.2) is 35.9 Å². The van der Waals surface area contributed by atoms with E-state index in [9.17, 15) is 8.78 Å². The van der Waals surface area contributed by atoms with Gasteiger partial charge >= 0.3 is 0 Å². The molecule has 0 saturated carbocycles. The standard InChI is InChI=1S/C22H23BF2O/c1-13-4-7-16(8-5-13)12-26-19-11-10-17(15(3)22(19)25)18-9-6-14(2)21(24)20(18)23/h6-7,9-11,13H,4-5,8,12H2,1-3H3. The fraction of sp³-hybridized carbons (Fsp3) is 0.364. The Balaban J connectivity index is 1.84. The molecule has 1 atom stereocenters. The normalized spacial score (nSPS) is 17.1. The fourth-order valence-corrected chi connectivity index (χ4v) is 3.32. The minimum absolute atomic E-state index is 0.0441. The first kappa shape index (κ1) is 18.7. The Hall–Kier alpha value is -2.10. The van der Waals surface area contributed by atoms with Crippen LogP contribution in [0.4, 0.5) is 8.78 Å². The van der Waals surface area contributed by atoms with Gasteiger partial charge < -0.3 is 4.74 Å². The smallest absolute Gasteiger partial charge is 0.168 e. The molecule has 0 spiro atoms. The third kappa shape index (κ3) is 3.69. The lowest BCUT2D eigenvalue weighted by molar-refractivity contribution is 0.320. The van der Waals surface area contributed by atoms with E-state index < -0.39 is 11.6 Å². The molecule has 0 amide bonds. The van der Waals surface area contributed by atoms with Gasteiger partial charge in [0, 0.05) is 0 Å². The quantitative estimate of drug-likeness (QED) is 0.545. The first-order valence-corrected chi connectivity index (χ1v) is 9.03. The predicted molar refractivity (Wildman–Crippen MR) is 103 cm³/mol. The number of ether oxygens (including phenoxy) is 1. The molecule has 1 aliphatic rings. The van der Waals surface area contributed by atoms with Gasteiger partial charge in [0.25, 0.3) is 0 Å². The molecule has 2 radical (unpaired) electrons. The lowest BCUT2D eigenvalue weighted by Gasteiger charge is -2.19. The van der Waals surface area contributed by atoms with Crippen molar-refractivity contribution in [2.75, 3.05) is 6.61 Å². The third-order valence-electron chi connectivity index (χ3n) is 5.19. The Bertz CT molecular complexity index is 858. The van der Waals surface area contributed by atoms with E-state index in [0.717, 1.165) is 19.3 Å². The molecule has 4 heteroatoms. The van der Waals surface area contributed by atoms with Crippen LogP contribution >= 0.6 is 0 Å². The number of benzene rings is 2. The van der Waals surface area contributed by atoms with Crippen molar-refractivity contribution < 1.29 is 13.5 Å². The van der Waals surface area contributed by atoms with Crippen LogP contribution in [-0.2, 0) is 0 Å². The van der Waals surface area contributed by atoms with Crippen LogP contribution in [0.5, 0.6) is 5.75 Å². The van der Waals surface area contributed by atoms with Gasteiger partial charge in [0.2, 0.25) is 0 Å². The van der Waals surface area contributed by atoms with Gasteiger partial charge in [-0.25, -0.2) is 8.78 Å². The van der Waals surface area contributed by atoms with E-state index in [1.807, 2.05) is 0 Å². The summed E-state index contributed by atoms with van der Waals surface area (Å²) < 4.78 is 34.6. The van der Waals surface area contributed by atoms with Crippen molar-refractivity contribution in [3.63, 3.8) is 0 Å². The molecule has 26 heavy (non-hydrogen) atoms. The molecule has 0 bridgehead atoms. The summed E-state index contributed by atoms with van der Waals surface area (Å²) in [6.45, 7) is 5.95. The van der Waals surface area contributed by atoms with Crippen LogP contribution in [0.3, 0.4) is 0 Å². The van der Waals surface area contributed by atoms with E-state index in [1.165, 1.54) is 5.57 Å². The van der Waals surface area contributed by atoms with E-state index >= 15 is 0 Å². The second kappa shape index (κ2) is 7.65. The summed E-state index contributed by atoms with van der Waals surface area (Å²) in [7, 11) is 5.90. The molecule has 134 valence electrons. The van der Waals surface area contributed by atoms with Crippen molar-refractivity contribution in [1.29, 1.82) is 0 Å². The highest BCUT2D eigenvalue weighted by atomic mass is 19.1. The molecule has 2 aromatic rings. The lowest BCUT2D eigenvalue weighted by atomic mass is 9.84. The van der Waals surface area contributed by atoms with Crippen LogP contribution in [0, 0.1) is 31.4 Å². The molecule has 1 aliphatic carbocycles. The summed E-state index contributed by atoms with van der Waals surface area (Å²) in [5, 5.41) is 0. The molecule has 2 aromatic carbocycles. The Labute approximate surface area is 155 Å². The zero-order valence-corrected chi connectivity index (χ0v) is 15.5. The van der Waals surface area contributed by atoms with Gasteiger partial charge in [-0.2, -0.15) is 0 Å². The van der Waals surface area contributed by atoms with Gasteiger partial charge in [-0.1, -0.05) is 36.7 Å². The van der Waals surface area contributed by atoms with Crippen LogP contribution in [0.1, 0.15) is 37.3 Å². The van der Waals surface area contributed by atoms with Crippen molar-refractivity contribution in [1.82, 2.24) is 0 Å². The average molecular weight is 352 g/mol. The number of hydrogen-bond acceptors (Lipinski definition) is 1. The maximum absolute atomic E-state index is 14.8. The predicted octanol–water partition coefficient (Wildman–Crippen LogP) is 5.17. The van der Waals surface area contributed by atoms with Gasteiger partial charge in [0.05, 0.1) is 0 Å². The average Bonchev–Trinajstić information content (AvgIpc) is 2.63. The Morgan fingerprint density at radius 3 is 2.50 bits per heavy atom. The number of aryl methyl sites for hydroxylation is 1. The van der Waals surface area contributed by atoms with Crippen LogP contribution < -0.4 is 10.2 Å². The van der Waals surface area contributed by atoms with E-state index in [4.69, 9.17) is 12.6 Å². The van der Waals surface area contributed by atoms with Gasteiger partial charge in [0.1, 0.15) is 20.3 Å². The molecule has 0 heterocycles.